The quantitative estimate of drug-likeness (QED) is 0.909. The zero-order valence-electron chi connectivity index (χ0n) is 12.2. The SMILES string of the molecule is CCCNC(=O)c1c(N)sc2c1-c1ccccc1CCC2. The summed E-state index contributed by atoms with van der Waals surface area (Å²) in [5.74, 6) is -0.0384. The molecular formula is C17H20N2OS. The summed E-state index contributed by atoms with van der Waals surface area (Å²) in [4.78, 5) is 13.7. The van der Waals surface area contributed by atoms with E-state index in [1.807, 2.05) is 13.0 Å². The molecule has 1 aromatic carbocycles. The molecule has 21 heavy (non-hydrogen) atoms. The van der Waals surface area contributed by atoms with Gasteiger partial charge in [-0.15, -0.1) is 11.3 Å². The Hall–Kier alpha value is -1.81. The number of hydrogen-bond donors (Lipinski definition) is 2. The number of carbonyl (C=O) groups is 1. The molecule has 3 nitrogen and oxygen atoms in total. The van der Waals surface area contributed by atoms with Crippen LogP contribution in [0.3, 0.4) is 0 Å². The Labute approximate surface area is 129 Å². The van der Waals surface area contributed by atoms with Gasteiger partial charge in [-0.2, -0.15) is 0 Å². The van der Waals surface area contributed by atoms with Crippen molar-refractivity contribution in [2.45, 2.75) is 32.6 Å². The van der Waals surface area contributed by atoms with Crippen LogP contribution < -0.4 is 11.1 Å². The number of rotatable bonds is 3. The predicted molar refractivity (Wildman–Crippen MR) is 88.8 cm³/mol. The van der Waals surface area contributed by atoms with Crippen molar-refractivity contribution in [3.8, 4) is 11.1 Å². The van der Waals surface area contributed by atoms with Gasteiger partial charge in [-0.3, -0.25) is 4.79 Å². The normalized spacial score (nSPS) is 13.2. The van der Waals surface area contributed by atoms with Crippen LogP contribution in [-0.4, -0.2) is 12.5 Å². The summed E-state index contributed by atoms with van der Waals surface area (Å²) in [6.07, 6.45) is 4.10. The summed E-state index contributed by atoms with van der Waals surface area (Å²) in [5, 5.41) is 3.61. The highest BCUT2D eigenvalue weighted by Gasteiger charge is 2.26. The molecule has 0 aliphatic heterocycles. The number of hydrogen-bond acceptors (Lipinski definition) is 3. The molecule has 1 aromatic heterocycles. The molecule has 3 rings (SSSR count). The van der Waals surface area contributed by atoms with Gasteiger partial charge in [0.2, 0.25) is 0 Å². The first-order valence-corrected chi connectivity index (χ1v) is 8.31. The van der Waals surface area contributed by atoms with Crippen molar-refractivity contribution in [1.29, 1.82) is 0 Å². The number of amides is 1. The Balaban J connectivity index is 2.14. The van der Waals surface area contributed by atoms with Gasteiger partial charge < -0.3 is 11.1 Å². The van der Waals surface area contributed by atoms with Gasteiger partial charge in [0.15, 0.2) is 0 Å². The van der Waals surface area contributed by atoms with Crippen LogP contribution in [-0.2, 0) is 12.8 Å². The fourth-order valence-electron chi connectivity index (χ4n) is 2.93. The first-order valence-electron chi connectivity index (χ1n) is 7.50. The average Bonchev–Trinajstić information content (AvgIpc) is 2.71. The van der Waals surface area contributed by atoms with Crippen LogP contribution in [0.5, 0.6) is 0 Å². The van der Waals surface area contributed by atoms with Gasteiger partial charge in [0.25, 0.3) is 5.91 Å². The summed E-state index contributed by atoms with van der Waals surface area (Å²) in [6.45, 7) is 2.73. The molecule has 110 valence electrons. The summed E-state index contributed by atoms with van der Waals surface area (Å²) < 4.78 is 0. The highest BCUT2D eigenvalue weighted by atomic mass is 32.1. The van der Waals surface area contributed by atoms with Crippen LogP contribution in [0, 0.1) is 0 Å². The van der Waals surface area contributed by atoms with E-state index in [2.05, 4.69) is 23.5 Å². The number of anilines is 1. The van der Waals surface area contributed by atoms with Crippen molar-refractivity contribution in [2.75, 3.05) is 12.3 Å². The van der Waals surface area contributed by atoms with E-state index < -0.39 is 0 Å². The summed E-state index contributed by atoms with van der Waals surface area (Å²) in [6, 6.07) is 8.38. The number of carbonyl (C=O) groups excluding carboxylic acids is 1. The molecule has 3 N–H and O–H groups in total. The monoisotopic (exact) mass is 300 g/mol. The molecule has 0 radical (unpaired) electrons. The number of benzene rings is 1. The fraction of sp³-hybridized carbons (Fsp3) is 0.353. The highest BCUT2D eigenvalue weighted by molar-refractivity contribution is 7.17. The lowest BCUT2D eigenvalue weighted by Crippen LogP contribution is -2.24. The number of aryl methyl sites for hydroxylation is 2. The molecule has 0 atom stereocenters. The minimum absolute atomic E-state index is 0.0384. The van der Waals surface area contributed by atoms with Crippen LogP contribution >= 0.6 is 11.3 Å². The molecule has 2 aromatic rings. The molecule has 0 unspecified atom stereocenters. The first-order chi connectivity index (χ1) is 10.2. The summed E-state index contributed by atoms with van der Waals surface area (Å²) >= 11 is 1.57. The lowest BCUT2D eigenvalue weighted by molar-refractivity contribution is 0.0955. The van der Waals surface area contributed by atoms with Gasteiger partial charge in [-0.25, -0.2) is 0 Å². The van der Waals surface area contributed by atoms with E-state index in [1.54, 1.807) is 11.3 Å². The Morgan fingerprint density at radius 2 is 2.14 bits per heavy atom. The molecule has 1 aliphatic rings. The number of nitrogen functional groups attached to an aromatic ring is 1. The van der Waals surface area contributed by atoms with Gasteiger partial charge in [0.1, 0.15) is 0 Å². The number of nitrogens with one attached hydrogen (secondary N) is 1. The van der Waals surface area contributed by atoms with Crippen molar-refractivity contribution in [3.63, 3.8) is 0 Å². The Morgan fingerprint density at radius 3 is 2.95 bits per heavy atom. The van der Waals surface area contributed by atoms with Crippen LogP contribution in [0.4, 0.5) is 5.00 Å². The molecule has 1 aliphatic carbocycles. The molecule has 4 heteroatoms. The van der Waals surface area contributed by atoms with Crippen molar-refractivity contribution in [1.82, 2.24) is 5.32 Å². The molecule has 1 amide bonds. The average molecular weight is 300 g/mol. The van der Waals surface area contributed by atoms with Gasteiger partial charge in [-0.05, 0) is 36.8 Å². The van der Waals surface area contributed by atoms with Crippen molar-refractivity contribution in [2.24, 2.45) is 0 Å². The lowest BCUT2D eigenvalue weighted by atomic mass is 9.96. The van der Waals surface area contributed by atoms with Crippen LogP contribution in [0.15, 0.2) is 24.3 Å². The lowest BCUT2D eigenvalue weighted by Gasteiger charge is -2.10. The van der Waals surface area contributed by atoms with Crippen molar-refractivity contribution in [3.05, 3.63) is 40.3 Å². The van der Waals surface area contributed by atoms with E-state index in [0.29, 0.717) is 17.1 Å². The molecule has 1 heterocycles. The largest absolute Gasteiger partial charge is 0.390 e. The van der Waals surface area contributed by atoms with Gasteiger partial charge in [0, 0.05) is 17.0 Å². The van der Waals surface area contributed by atoms with E-state index in [9.17, 15) is 4.79 Å². The fourth-order valence-corrected chi connectivity index (χ4v) is 4.06. The van der Waals surface area contributed by atoms with Crippen LogP contribution in [0.1, 0.15) is 40.6 Å². The minimum Gasteiger partial charge on any atom is -0.390 e. The zero-order valence-corrected chi connectivity index (χ0v) is 13.1. The predicted octanol–water partition coefficient (Wildman–Crippen LogP) is 3.63. The second-order valence-corrected chi connectivity index (χ2v) is 6.54. The third-order valence-electron chi connectivity index (χ3n) is 3.91. The van der Waals surface area contributed by atoms with Crippen LogP contribution in [0.2, 0.25) is 0 Å². The maximum atomic E-state index is 12.5. The van der Waals surface area contributed by atoms with E-state index in [4.69, 9.17) is 5.73 Å². The maximum Gasteiger partial charge on any atom is 0.254 e. The van der Waals surface area contributed by atoms with E-state index in [-0.39, 0.29) is 5.91 Å². The Bertz CT molecular complexity index is 675. The third kappa shape index (κ3) is 2.56. The standard InChI is InChI=1S/C17H20N2OS/c1-2-10-19-17(20)15-14-12-8-4-3-6-11(12)7-5-9-13(14)21-16(15)18/h3-4,6,8H,2,5,7,9-10,18H2,1H3,(H,19,20). The minimum atomic E-state index is -0.0384. The number of nitrogens with two attached hydrogens (primary N) is 1. The maximum absolute atomic E-state index is 12.5. The Kier molecular flexibility index (Phi) is 3.97. The molecule has 0 spiro atoms. The zero-order chi connectivity index (χ0) is 14.8. The summed E-state index contributed by atoms with van der Waals surface area (Å²) in [5.41, 5.74) is 10.4. The van der Waals surface area contributed by atoms with Gasteiger partial charge >= 0.3 is 0 Å². The second kappa shape index (κ2) is 5.90. The molecule has 0 saturated carbocycles. The number of thiophene rings is 1. The van der Waals surface area contributed by atoms with Crippen molar-refractivity contribution < 1.29 is 4.79 Å². The van der Waals surface area contributed by atoms with E-state index >= 15 is 0 Å². The van der Waals surface area contributed by atoms with Gasteiger partial charge in [0.05, 0.1) is 10.6 Å². The van der Waals surface area contributed by atoms with E-state index in [0.717, 1.165) is 31.2 Å². The molecular weight excluding hydrogens is 280 g/mol. The smallest absolute Gasteiger partial charge is 0.254 e. The topological polar surface area (TPSA) is 55.1 Å². The third-order valence-corrected chi connectivity index (χ3v) is 4.99. The highest BCUT2D eigenvalue weighted by Crippen LogP contribution is 2.42. The molecule has 0 saturated heterocycles. The molecule has 0 bridgehead atoms. The van der Waals surface area contributed by atoms with Gasteiger partial charge in [-0.1, -0.05) is 31.2 Å². The van der Waals surface area contributed by atoms with Crippen LogP contribution in [0.25, 0.3) is 11.1 Å². The molecule has 0 fully saturated rings. The van der Waals surface area contributed by atoms with E-state index in [1.165, 1.54) is 16.0 Å². The van der Waals surface area contributed by atoms with Crippen molar-refractivity contribution >= 4 is 22.2 Å². The first kappa shape index (κ1) is 14.1. The summed E-state index contributed by atoms with van der Waals surface area (Å²) in [7, 11) is 0. The Morgan fingerprint density at radius 1 is 1.33 bits per heavy atom. The second-order valence-electron chi connectivity index (χ2n) is 5.41. The number of fused-ring (bicyclic) bond motifs is 3.